The molecule has 1 atom stereocenters. The van der Waals surface area contributed by atoms with Gasteiger partial charge in [0.05, 0.1) is 5.71 Å². The molecule has 128 valence electrons. The van der Waals surface area contributed by atoms with Gasteiger partial charge in [-0.05, 0) is 24.7 Å². The van der Waals surface area contributed by atoms with Crippen molar-refractivity contribution in [3.8, 4) is 0 Å². The van der Waals surface area contributed by atoms with Crippen LogP contribution in [0.15, 0.2) is 28.7 Å². The molecule has 0 bridgehead atoms. The average molecular weight is 349 g/mol. The summed E-state index contributed by atoms with van der Waals surface area (Å²) in [5.41, 5.74) is 0.554. The highest BCUT2D eigenvalue weighted by atomic mass is 32.1. The molecule has 0 aromatic carbocycles. The lowest BCUT2D eigenvalue weighted by Gasteiger charge is -2.30. The quantitative estimate of drug-likeness (QED) is 0.577. The Balaban J connectivity index is 1.65. The zero-order chi connectivity index (χ0) is 17.1. The van der Waals surface area contributed by atoms with Crippen molar-refractivity contribution >= 4 is 34.9 Å². The first-order valence-corrected chi connectivity index (χ1v) is 8.41. The maximum atomic E-state index is 12.7. The minimum absolute atomic E-state index is 0.0921. The molecule has 0 spiro atoms. The molecule has 3 aliphatic rings. The van der Waals surface area contributed by atoms with Gasteiger partial charge in [-0.1, -0.05) is 13.3 Å². The molecule has 1 N–H and O–H groups in total. The average Bonchev–Trinajstić information content (AvgIpc) is 3.00. The van der Waals surface area contributed by atoms with Gasteiger partial charge in [-0.2, -0.15) is 0 Å². The van der Waals surface area contributed by atoms with Gasteiger partial charge in [-0.15, -0.1) is 0 Å². The first-order valence-electron chi connectivity index (χ1n) is 8.00. The second kappa shape index (κ2) is 7.12. The van der Waals surface area contributed by atoms with Gasteiger partial charge < -0.3 is 14.8 Å². The molecule has 1 fully saturated rings. The largest absolute Gasteiger partial charge is 0.454 e. The molecule has 2 heterocycles. The number of unbranched alkanes of at least 4 members (excludes halogenated alkanes) is 1. The smallest absolute Gasteiger partial charge is 0.241 e. The minimum Gasteiger partial charge on any atom is -0.454 e. The summed E-state index contributed by atoms with van der Waals surface area (Å²) in [6.45, 7) is 3.07. The molecule has 1 saturated heterocycles. The number of allylic oxidation sites excluding steroid dienone is 1. The van der Waals surface area contributed by atoms with Crippen LogP contribution in [0.4, 0.5) is 0 Å². The number of aliphatic imine (C=N–C) groups is 1. The molecule has 1 aliphatic carbocycles. The molecule has 2 aliphatic heterocycles. The number of carbonyl (C=O) groups excluding carboxylic acids is 2. The van der Waals surface area contributed by atoms with E-state index in [4.69, 9.17) is 21.7 Å². The summed E-state index contributed by atoms with van der Waals surface area (Å²) in [5, 5.41) is 3.01. The van der Waals surface area contributed by atoms with Crippen molar-refractivity contribution in [2.45, 2.75) is 26.2 Å². The fourth-order valence-corrected chi connectivity index (χ4v) is 2.93. The van der Waals surface area contributed by atoms with Gasteiger partial charge in [0, 0.05) is 25.6 Å². The van der Waals surface area contributed by atoms with E-state index in [0.29, 0.717) is 23.8 Å². The Hall–Kier alpha value is -2.22. The van der Waals surface area contributed by atoms with Gasteiger partial charge >= 0.3 is 0 Å². The third-order valence-corrected chi connectivity index (χ3v) is 4.30. The summed E-state index contributed by atoms with van der Waals surface area (Å²) < 4.78 is 10.6. The molecule has 0 saturated carbocycles. The normalized spacial score (nSPS) is 21.8. The molecule has 1 unspecified atom stereocenters. The standard InChI is InChI=1S/C16H19N3O4S/c1-2-3-5-17-14(20)4-6-19-15(21)10-7-12-13(23-9-22-12)8-11(10)18-16(19)24/h7-8,10H,2-6,9H2,1H3,(H,17,20). The molecular weight excluding hydrogens is 330 g/mol. The predicted molar refractivity (Wildman–Crippen MR) is 91.0 cm³/mol. The lowest BCUT2D eigenvalue weighted by molar-refractivity contribution is -0.129. The fraction of sp³-hybridized carbons (Fsp3) is 0.500. The van der Waals surface area contributed by atoms with E-state index in [1.54, 1.807) is 12.2 Å². The summed E-state index contributed by atoms with van der Waals surface area (Å²) in [6.07, 6.45) is 5.53. The highest BCUT2D eigenvalue weighted by Gasteiger charge is 2.38. The second-order valence-corrected chi connectivity index (χ2v) is 6.05. The number of thiocarbonyl (C=S) groups is 1. The molecule has 0 aromatic heterocycles. The number of rotatable bonds is 6. The zero-order valence-electron chi connectivity index (χ0n) is 13.4. The van der Waals surface area contributed by atoms with Crippen LogP contribution in [0.1, 0.15) is 26.2 Å². The molecular formula is C16H19N3O4S. The van der Waals surface area contributed by atoms with Crippen LogP contribution in [-0.4, -0.2) is 47.4 Å². The lowest BCUT2D eigenvalue weighted by Crippen LogP contribution is -2.47. The number of nitrogens with zero attached hydrogens (tertiary/aromatic N) is 2. The zero-order valence-corrected chi connectivity index (χ0v) is 14.2. The Morgan fingerprint density at radius 3 is 3.04 bits per heavy atom. The van der Waals surface area contributed by atoms with E-state index >= 15 is 0 Å². The topological polar surface area (TPSA) is 80.2 Å². The molecule has 0 aromatic rings. The van der Waals surface area contributed by atoms with Crippen LogP contribution in [0, 0.1) is 5.92 Å². The van der Waals surface area contributed by atoms with Crippen LogP contribution in [0.25, 0.3) is 0 Å². The van der Waals surface area contributed by atoms with Crippen LogP contribution in [0.3, 0.4) is 0 Å². The first kappa shape index (κ1) is 16.6. The maximum absolute atomic E-state index is 12.7. The van der Waals surface area contributed by atoms with E-state index in [-0.39, 0.29) is 36.7 Å². The first-order chi connectivity index (χ1) is 11.6. The highest BCUT2D eigenvalue weighted by Crippen LogP contribution is 2.31. The van der Waals surface area contributed by atoms with Crippen molar-refractivity contribution in [2.75, 3.05) is 19.9 Å². The summed E-state index contributed by atoms with van der Waals surface area (Å²) in [4.78, 5) is 30.2. The summed E-state index contributed by atoms with van der Waals surface area (Å²) in [7, 11) is 0. The molecule has 8 heteroatoms. The van der Waals surface area contributed by atoms with Gasteiger partial charge in [-0.25, -0.2) is 4.99 Å². The van der Waals surface area contributed by atoms with E-state index < -0.39 is 5.92 Å². The van der Waals surface area contributed by atoms with Crippen molar-refractivity contribution in [1.29, 1.82) is 0 Å². The van der Waals surface area contributed by atoms with Gasteiger partial charge in [0.1, 0.15) is 5.92 Å². The predicted octanol–water partition coefficient (Wildman–Crippen LogP) is 1.26. The third kappa shape index (κ3) is 3.33. The van der Waals surface area contributed by atoms with Crippen LogP contribution in [-0.2, 0) is 19.1 Å². The number of amides is 2. The summed E-state index contributed by atoms with van der Waals surface area (Å²) in [6, 6.07) is 0. The summed E-state index contributed by atoms with van der Waals surface area (Å²) >= 11 is 5.21. The molecule has 3 rings (SSSR count). The Kier molecular flexibility index (Phi) is 4.94. The van der Waals surface area contributed by atoms with Gasteiger partial charge in [0.15, 0.2) is 11.5 Å². The van der Waals surface area contributed by atoms with E-state index in [0.717, 1.165) is 12.8 Å². The van der Waals surface area contributed by atoms with E-state index in [2.05, 4.69) is 17.2 Å². The second-order valence-electron chi connectivity index (χ2n) is 5.69. The van der Waals surface area contributed by atoms with Gasteiger partial charge in [0.2, 0.25) is 23.7 Å². The van der Waals surface area contributed by atoms with Crippen LogP contribution in [0.2, 0.25) is 0 Å². The summed E-state index contributed by atoms with van der Waals surface area (Å²) in [5.74, 6) is 0.303. The molecule has 0 radical (unpaired) electrons. The van der Waals surface area contributed by atoms with E-state index in [1.165, 1.54) is 4.90 Å². The number of fused-ring (bicyclic) bond motifs is 2. The number of carbonyl (C=O) groups is 2. The van der Waals surface area contributed by atoms with Crippen molar-refractivity contribution in [3.63, 3.8) is 0 Å². The van der Waals surface area contributed by atoms with E-state index in [1.807, 2.05) is 0 Å². The minimum atomic E-state index is -0.541. The Morgan fingerprint density at radius 1 is 1.46 bits per heavy atom. The van der Waals surface area contributed by atoms with Crippen molar-refractivity contribution in [1.82, 2.24) is 10.2 Å². The van der Waals surface area contributed by atoms with Gasteiger partial charge in [0.25, 0.3) is 0 Å². The van der Waals surface area contributed by atoms with Gasteiger partial charge in [-0.3, -0.25) is 14.5 Å². The van der Waals surface area contributed by atoms with Crippen molar-refractivity contribution in [3.05, 3.63) is 23.7 Å². The van der Waals surface area contributed by atoms with Crippen molar-refractivity contribution in [2.24, 2.45) is 10.9 Å². The molecule has 2 amide bonds. The maximum Gasteiger partial charge on any atom is 0.241 e. The Morgan fingerprint density at radius 2 is 2.25 bits per heavy atom. The number of ether oxygens (including phenoxy) is 2. The number of hydrogen-bond donors (Lipinski definition) is 1. The monoisotopic (exact) mass is 349 g/mol. The lowest BCUT2D eigenvalue weighted by atomic mass is 9.94. The Bertz CT molecular complexity index is 668. The fourth-order valence-electron chi connectivity index (χ4n) is 2.65. The number of hydrogen-bond acceptors (Lipinski definition) is 5. The third-order valence-electron chi connectivity index (χ3n) is 3.99. The van der Waals surface area contributed by atoms with Crippen LogP contribution in [0.5, 0.6) is 0 Å². The highest BCUT2D eigenvalue weighted by molar-refractivity contribution is 7.80. The SMILES string of the molecule is CCCCNC(=O)CCN1C(=O)C2C=C3OCOC3=CC2=NC1=S. The van der Waals surface area contributed by atoms with Crippen LogP contribution < -0.4 is 5.32 Å². The number of nitrogens with one attached hydrogen (secondary N) is 1. The Labute approximate surface area is 145 Å². The molecule has 24 heavy (non-hydrogen) atoms. The van der Waals surface area contributed by atoms with E-state index in [9.17, 15) is 9.59 Å². The van der Waals surface area contributed by atoms with Crippen LogP contribution >= 0.6 is 12.2 Å². The molecule has 7 nitrogen and oxygen atoms in total. The van der Waals surface area contributed by atoms with Crippen molar-refractivity contribution < 1.29 is 19.1 Å².